The van der Waals surface area contributed by atoms with Gasteiger partial charge in [-0.05, 0) is 5.56 Å². The molecule has 0 bridgehead atoms. The lowest BCUT2D eigenvalue weighted by Crippen LogP contribution is -2.28. The van der Waals surface area contributed by atoms with Crippen LogP contribution in [0.4, 0.5) is 0 Å². The van der Waals surface area contributed by atoms with Crippen LogP contribution in [-0.4, -0.2) is 37.1 Å². The monoisotopic (exact) mass is 290 g/mol. The number of hydrogen-bond donors (Lipinski definition) is 3. The van der Waals surface area contributed by atoms with Crippen molar-refractivity contribution in [1.29, 1.82) is 0 Å². The smallest absolute Gasteiger partial charge is 0.325 e. The van der Waals surface area contributed by atoms with Gasteiger partial charge in [-0.2, -0.15) is 0 Å². The van der Waals surface area contributed by atoms with Crippen molar-refractivity contribution in [2.24, 2.45) is 0 Å². The van der Waals surface area contributed by atoms with Crippen LogP contribution in [0.15, 0.2) is 36.5 Å². The number of hydrogen-bond acceptors (Lipinski definition) is 5. The largest absolute Gasteiger partial charge is 0.480 e. The summed E-state index contributed by atoms with van der Waals surface area (Å²) in [6.45, 7) is -0.240. The molecule has 1 heterocycles. The van der Waals surface area contributed by atoms with Crippen LogP contribution >= 0.6 is 0 Å². The normalized spacial score (nSPS) is 11.9. The minimum atomic E-state index is -1.26. The van der Waals surface area contributed by atoms with Crippen LogP contribution in [0.5, 0.6) is 0 Å². The number of carboxylic acids is 1. The first kappa shape index (κ1) is 14.7. The average Bonchev–Trinajstić information content (AvgIpc) is 2.91. The minimum absolute atomic E-state index is 0.0579. The number of nitrogens with zero attached hydrogens (tertiary/aromatic N) is 3. The molecule has 2 rings (SSSR count). The summed E-state index contributed by atoms with van der Waals surface area (Å²) in [6, 6.07) is 8.53. The molecule has 21 heavy (non-hydrogen) atoms. The van der Waals surface area contributed by atoms with Crippen LogP contribution in [0.3, 0.4) is 0 Å². The zero-order valence-electron chi connectivity index (χ0n) is 11.0. The zero-order valence-corrected chi connectivity index (χ0v) is 11.0. The summed E-state index contributed by atoms with van der Waals surface area (Å²) in [5.74, 6) is -1.59. The van der Waals surface area contributed by atoms with Gasteiger partial charge in [0.05, 0.1) is 12.7 Å². The van der Waals surface area contributed by atoms with Gasteiger partial charge in [-0.3, -0.25) is 9.59 Å². The second-order valence-corrected chi connectivity index (χ2v) is 4.33. The van der Waals surface area contributed by atoms with Gasteiger partial charge in [0.15, 0.2) is 6.10 Å². The third-order valence-corrected chi connectivity index (χ3v) is 2.69. The Hall–Kier alpha value is -2.74. The molecule has 8 nitrogen and oxygen atoms in total. The van der Waals surface area contributed by atoms with Gasteiger partial charge in [0.25, 0.3) is 5.91 Å². The van der Waals surface area contributed by atoms with E-state index in [0.29, 0.717) is 11.3 Å². The molecule has 1 aromatic carbocycles. The summed E-state index contributed by atoms with van der Waals surface area (Å²) >= 11 is 0. The van der Waals surface area contributed by atoms with E-state index in [1.807, 2.05) is 0 Å². The molecule has 0 spiro atoms. The zero-order chi connectivity index (χ0) is 15.2. The second-order valence-electron chi connectivity index (χ2n) is 4.33. The molecule has 0 fully saturated rings. The molecule has 0 radical (unpaired) electrons. The fraction of sp³-hybridized carbons (Fsp3) is 0.231. The summed E-state index contributed by atoms with van der Waals surface area (Å²) < 4.78 is 1.15. The Morgan fingerprint density at radius 3 is 2.67 bits per heavy atom. The standard InChI is InChI=1S/C13H14N4O4/c18-11(19)8-17-7-10(15-16-17)6-14-13(21)12(20)9-4-2-1-3-5-9/h1-5,7,12,20H,6,8H2,(H,14,21)(H,18,19). The van der Waals surface area contributed by atoms with Crippen molar-refractivity contribution in [2.75, 3.05) is 0 Å². The Morgan fingerprint density at radius 1 is 1.29 bits per heavy atom. The molecule has 1 amide bonds. The van der Waals surface area contributed by atoms with Gasteiger partial charge in [-0.25, -0.2) is 4.68 Å². The molecule has 1 unspecified atom stereocenters. The maximum atomic E-state index is 11.8. The number of carbonyl (C=O) groups excluding carboxylic acids is 1. The molecule has 0 aliphatic carbocycles. The van der Waals surface area contributed by atoms with E-state index in [9.17, 15) is 14.7 Å². The summed E-state index contributed by atoms with van der Waals surface area (Å²) in [4.78, 5) is 22.3. The maximum absolute atomic E-state index is 11.8. The van der Waals surface area contributed by atoms with Crippen molar-refractivity contribution < 1.29 is 19.8 Å². The molecule has 8 heteroatoms. The van der Waals surface area contributed by atoms with Crippen molar-refractivity contribution in [1.82, 2.24) is 20.3 Å². The third-order valence-electron chi connectivity index (χ3n) is 2.69. The van der Waals surface area contributed by atoms with Gasteiger partial charge in [-0.1, -0.05) is 35.5 Å². The Balaban J connectivity index is 1.89. The first-order chi connectivity index (χ1) is 10.1. The summed E-state index contributed by atoms with van der Waals surface area (Å²) in [5.41, 5.74) is 0.898. The Labute approximate surface area is 120 Å². The topological polar surface area (TPSA) is 117 Å². The summed E-state index contributed by atoms with van der Waals surface area (Å²) in [5, 5.41) is 28.3. The van der Waals surface area contributed by atoms with Crippen molar-refractivity contribution in [3.05, 3.63) is 47.8 Å². The summed E-state index contributed by atoms with van der Waals surface area (Å²) in [6.07, 6.45) is 0.156. The van der Waals surface area contributed by atoms with E-state index in [-0.39, 0.29) is 13.1 Å². The lowest BCUT2D eigenvalue weighted by Gasteiger charge is -2.10. The van der Waals surface area contributed by atoms with Crippen LogP contribution < -0.4 is 5.32 Å². The molecule has 1 aromatic heterocycles. The Kier molecular flexibility index (Phi) is 4.62. The van der Waals surface area contributed by atoms with E-state index >= 15 is 0 Å². The predicted molar refractivity (Wildman–Crippen MR) is 70.9 cm³/mol. The van der Waals surface area contributed by atoms with E-state index in [4.69, 9.17) is 5.11 Å². The van der Waals surface area contributed by atoms with Crippen LogP contribution in [0.2, 0.25) is 0 Å². The number of aromatic nitrogens is 3. The molecule has 1 atom stereocenters. The number of aliphatic hydroxyl groups is 1. The molecule has 0 saturated carbocycles. The second kappa shape index (κ2) is 6.62. The van der Waals surface area contributed by atoms with Crippen LogP contribution in [0.1, 0.15) is 17.4 Å². The Bertz CT molecular complexity index is 626. The number of carbonyl (C=O) groups is 2. The first-order valence-electron chi connectivity index (χ1n) is 6.18. The number of amides is 1. The molecular formula is C13H14N4O4. The van der Waals surface area contributed by atoms with Gasteiger partial charge in [0.1, 0.15) is 12.2 Å². The highest BCUT2D eigenvalue weighted by Gasteiger charge is 2.17. The molecule has 0 aliphatic heterocycles. The van der Waals surface area contributed by atoms with E-state index < -0.39 is 18.0 Å². The van der Waals surface area contributed by atoms with Crippen molar-refractivity contribution >= 4 is 11.9 Å². The number of rotatable bonds is 6. The van der Waals surface area contributed by atoms with Crippen molar-refractivity contribution in [3.8, 4) is 0 Å². The van der Waals surface area contributed by atoms with E-state index in [1.54, 1.807) is 30.3 Å². The fourth-order valence-corrected chi connectivity index (χ4v) is 1.70. The van der Waals surface area contributed by atoms with E-state index in [1.165, 1.54) is 6.20 Å². The van der Waals surface area contributed by atoms with Crippen molar-refractivity contribution in [2.45, 2.75) is 19.2 Å². The first-order valence-corrected chi connectivity index (χ1v) is 6.18. The fourth-order valence-electron chi connectivity index (χ4n) is 1.70. The minimum Gasteiger partial charge on any atom is -0.480 e. The lowest BCUT2D eigenvalue weighted by molar-refractivity contribution is -0.138. The highest BCUT2D eigenvalue weighted by molar-refractivity contribution is 5.81. The highest BCUT2D eigenvalue weighted by atomic mass is 16.4. The van der Waals surface area contributed by atoms with Crippen LogP contribution in [-0.2, 0) is 22.7 Å². The van der Waals surface area contributed by atoms with Crippen LogP contribution in [0.25, 0.3) is 0 Å². The molecule has 110 valence electrons. The van der Waals surface area contributed by atoms with Gasteiger partial charge in [0.2, 0.25) is 0 Å². The van der Waals surface area contributed by atoms with Gasteiger partial charge in [-0.15, -0.1) is 5.10 Å². The number of aliphatic carboxylic acids is 1. The van der Waals surface area contributed by atoms with E-state index in [0.717, 1.165) is 4.68 Å². The molecular weight excluding hydrogens is 276 g/mol. The lowest BCUT2D eigenvalue weighted by atomic mass is 10.1. The van der Waals surface area contributed by atoms with Gasteiger partial charge < -0.3 is 15.5 Å². The van der Waals surface area contributed by atoms with Crippen LogP contribution in [0, 0.1) is 0 Å². The number of benzene rings is 1. The highest BCUT2D eigenvalue weighted by Crippen LogP contribution is 2.11. The molecule has 3 N–H and O–H groups in total. The van der Waals surface area contributed by atoms with Gasteiger partial charge in [0, 0.05) is 0 Å². The van der Waals surface area contributed by atoms with E-state index in [2.05, 4.69) is 15.6 Å². The summed E-state index contributed by atoms with van der Waals surface area (Å²) in [7, 11) is 0. The maximum Gasteiger partial charge on any atom is 0.325 e. The quantitative estimate of drug-likeness (QED) is 0.673. The van der Waals surface area contributed by atoms with Crippen molar-refractivity contribution in [3.63, 3.8) is 0 Å². The molecule has 0 aliphatic rings. The average molecular weight is 290 g/mol. The number of aliphatic hydroxyl groups excluding tert-OH is 1. The SMILES string of the molecule is O=C(O)Cn1cc(CNC(=O)C(O)c2ccccc2)nn1. The molecule has 2 aromatic rings. The predicted octanol–water partition coefficient (Wildman–Crippen LogP) is -0.288. The third kappa shape index (κ3) is 4.11. The molecule has 0 saturated heterocycles. The Morgan fingerprint density at radius 2 is 2.00 bits per heavy atom. The van der Waals surface area contributed by atoms with Gasteiger partial charge >= 0.3 is 5.97 Å². The number of carboxylic acid groups (broad SMARTS) is 1. The number of nitrogens with one attached hydrogen (secondary N) is 1.